The molecule has 3 heteroatoms. The van der Waals surface area contributed by atoms with E-state index in [1.807, 2.05) is 30.4 Å². The molecule has 0 heterocycles. The molecular formula is C15H14BrClO. The molecule has 94 valence electrons. The van der Waals surface area contributed by atoms with Gasteiger partial charge < -0.3 is 0 Å². The Morgan fingerprint density at radius 1 is 1.39 bits per heavy atom. The zero-order valence-electron chi connectivity index (χ0n) is 10.2. The van der Waals surface area contributed by atoms with Crippen LogP contribution in [0.15, 0.2) is 29.3 Å². The van der Waals surface area contributed by atoms with Gasteiger partial charge in [0.15, 0.2) is 5.78 Å². The third-order valence-electron chi connectivity index (χ3n) is 3.12. The highest BCUT2D eigenvalue weighted by atomic mass is 79.9. The highest BCUT2D eigenvalue weighted by Crippen LogP contribution is 2.19. The van der Waals surface area contributed by atoms with E-state index >= 15 is 0 Å². The van der Waals surface area contributed by atoms with Gasteiger partial charge in [-0.1, -0.05) is 64.3 Å². The summed E-state index contributed by atoms with van der Waals surface area (Å²) in [7, 11) is 0. The van der Waals surface area contributed by atoms with Gasteiger partial charge >= 0.3 is 0 Å². The predicted molar refractivity (Wildman–Crippen MR) is 80.5 cm³/mol. The molecule has 0 bridgehead atoms. The van der Waals surface area contributed by atoms with Gasteiger partial charge in [-0.2, -0.15) is 0 Å². The Balaban J connectivity index is 2.83. The van der Waals surface area contributed by atoms with Crippen molar-refractivity contribution < 1.29 is 4.79 Å². The van der Waals surface area contributed by atoms with Crippen molar-refractivity contribution in [3.8, 4) is 0 Å². The Bertz CT molecular complexity index is 628. The van der Waals surface area contributed by atoms with E-state index in [0.29, 0.717) is 5.33 Å². The largest absolute Gasteiger partial charge is 0.293 e. The van der Waals surface area contributed by atoms with Crippen LogP contribution in [0.2, 0.25) is 0 Å². The molecule has 0 amide bonds. The maximum absolute atomic E-state index is 12.0. The average molecular weight is 326 g/mol. The fourth-order valence-corrected chi connectivity index (χ4v) is 2.77. The van der Waals surface area contributed by atoms with E-state index in [2.05, 4.69) is 22.9 Å². The van der Waals surface area contributed by atoms with Crippen molar-refractivity contribution in [2.24, 2.45) is 0 Å². The molecule has 0 spiro atoms. The molecule has 0 saturated carbocycles. The smallest absolute Gasteiger partial charge is 0.173 e. The van der Waals surface area contributed by atoms with Gasteiger partial charge in [-0.05, 0) is 22.9 Å². The first-order valence-corrected chi connectivity index (χ1v) is 7.44. The van der Waals surface area contributed by atoms with Gasteiger partial charge in [0, 0.05) is 17.0 Å². The quantitative estimate of drug-likeness (QED) is 0.616. The molecule has 18 heavy (non-hydrogen) atoms. The minimum atomic E-state index is 0.115. The number of hydrogen-bond acceptors (Lipinski definition) is 1. The number of ketones is 1. The maximum Gasteiger partial charge on any atom is 0.173 e. The van der Waals surface area contributed by atoms with E-state index in [-0.39, 0.29) is 5.78 Å². The molecule has 0 N–H and O–H groups in total. The van der Waals surface area contributed by atoms with Crippen molar-refractivity contribution in [2.75, 3.05) is 5.33 Å². The van der Waals surface area contributed by atoms with Crippen molar-refractivity contribution in [2.45, 2.75) is 19.8 Å². The van der Waals surface area contributed by atoms with E-state index in [1.165, 1.54) is 5.57 Å². The fraction of sp³-hybridized carbons (Fsp3) is 0.267. The van der Waals surface area contributed by atoms with Gasteiger partial charge in [-0.3, -0.25) is 4.79 Å². The SMILES string of the molecule is CCC1=c2c(C(=O)CBr)cccc2=CC=C(Cl)C1. The number of rotatable bonds is 3. The van der Waals surface area contributed by atoms with Crippen LogP contribution in [-0.4, -0.2) is 11.1 Å². The molecule has 0 aromatic heterocycles. The number of carbonyl (C=O) groups excluding carboxylic acids is 1. The molecule has 1 aliphatic carbocycles. The van der Waals surface area contributed by atoms with Crippen molar-refractivity contribution in [1.82, 2.24) is 0 Å². The van der Waals surface area contributed by atoms with Crippen LogP contribution in [0, 0.1) is 0 Å². The summed E-state index contributed by atoms with van der Waals surface area (Å²) in [4.78, 5) is 12.0. The second-order valence-electron chi connectivity index (χ2n) is 4.24. The van der Waals surface area contributed by atoms with Crippen molar-refractivity contribution in [1.29, 1.82) is 0 Å². The van der Waals surface area contributed by atoms with Crippen molar-refractivity contribution >= 4 is 45.0 Å². The molecule has 0 unspecified atom stereocenters. The minimum absolute atomic E-state index is 0.115. The third kappa shape index (κ3) is 2.60. The van der Waals surface area contributed by atoms with Gasteiger partial charge in [0.1, 0.15) is 0 Å². The Hall–Kier alpha value is -0.860. The second kappa shape index (κ2) is 5.85. The standard InChI is InChI=1S/C15H14BrClO/c1-2-10-8-12(17)7-6-11-4-3-5-13(15(10)11)14(18)9-16/h3-7H,2,8-9H2,1H3. The van der Waals surface area contributed by atoms with Crippen molar-refractivity contribution in [3.63, 3.8) is 0 Å². The molecule has 0 aliphatic heterocycles. The first-order chi connectivity index (χ1) is 8.67. The lowest BCUT2D eigenvalue weighted by atomic mass is 9.99. The highest BCUT2D eigenvalue weighted by molar-refractivity contribution is 9.09. The van der Waals surface area contributed by atoms with E-state index < -0.39 is 0 Å². The number of carbonyl (C=O) groups is 1. The first-order valence-electron chi connectivity index (χ1n) is 5.94. The van der Waals surface area contributed by atoms with E-state index in [9.17, 15) is 4.79 Å². The monoisotopic (exact) mass is 324 g/mol. The fourth-order valence-electron chi connectivity index (χ4n) is 2.24. The van der Waals surface area contributed by atoms with Crippen LogP contribution in [0.25, 0.3) is 11.6 Å². The number of halogens is 2. The van der Waals surface area contributed by atoms with Gasteiger partial charge in [0.25, 0.3) is 0 Å². The molecule has 0 radical (unpaired) electrons. The lowest BCUT2D eigenvalue weighted by Gasteiger charge is -2.06. The predicted octanol–water partition coefficient (Wildman–Crippen LogP) is 3.13. The van der Waals surface area contributed by atoms with Gasteiger partial charge in [0.05, 0.1) is 5.33 Å². The summed E-state index contributed by atoms with van der Waals surface area (Å²) in [5, 5.41) is 3.31. The normalized spacial score (nSPS) is 14.4. The lowest BCUT2D eigenvalue weighted by Crippen LogP contribution is -2.32. The molecule has 1 nitrogen and oxygen atoms in total. The topological polar surface area (TPSA) is 17.1 Å². The summed E-state index contributed by atoms with van der Waals surface area (Å²) in [5.74, 6) is 0.115. The summed E-state index contributed by atoms with van der Waals surface area (Å²) in [6, 6.07) is 5.85. The Morgan fingerprint density at radius 3 is 2.83 bits per heavy atom. The molecule has 2 rings (SSSR count). The van der Waals surface area contributed by atoms with Crippen LogP contribution in [-0.2, 0) is 0 Å². The summed E-state index contributed by atoms with van der Waals surface area (Å²) in [6.45, 7) is 2.10. The van der Waals surface area contributed by atoms with E-state index in [4.69, 9.17) is 11.6 Å². The second-order valence-corrected chi connectivity index (χ2v) is 5.29. The van der Waals surface area contributed by atoms with Crippen molar-refractivity contribution in [3.05, 3.63) is 45.3 Å². The molecule has 0 saturated heterocycles. The van der Waals surface area contributed by atoms with E-state index in [1.54, 1.807) is 0 Å². The summed E-state index contributed by atoms with van der Waals surface area (Å²) in [6.07, 6.45) is 5.54. The molecule has 0 fully saturated rings. The Labute approximate surface area is 120 Å². The molecule has 1 aromatic rings. The number of Topliss-reactive ketones (excluding diaryl/α,β-unsaturated/α-hetero) is 1. The first kappa shape index (κ1) is 13.6. The van der Waals surface area contributed by atoms with E-state index in [0.717, 1.165) is 33.9 Å². The average Bonchev–Trinajstić information content (AvgIpc) is 2.57. The van der Waals surface area contributed by atoms with Crippen LogP contribution in [0.5, 0.6) is 0 Å². The zero-order valence-corrected chi connectivity index (χ0v) is 12.5. The van der Waals surface area contributed by atoms with Gasteiger partial charge in [-0.25, -0.2) is 0 Å². The molecule has 0 atom stereocenters. The third-order valence-corrected chi connectivity index (χ3v) is 3.89. The minimum Gasteiger partial charge on any atom is -0.293 e. The van der Waals surface area contributed by atoms with Crippen LogP contribution in [0.4, 0.5) is 0 Å². The number of alkyl halides is 1. The van der Waals surface area contributed by atoms with Crippen LogP contribution >= 0.6 is 27.5 Å². The van der Waals surface area contributed by atoms with Crippen LogP contribution in [0.1, 0.15) is 30.1 Å². The summed E-state index contributed by atoms with van der Waals surface area (Å²) < 4.78 is 0. The van der Waals surface area contributed by atoms with Crippen LogP contribution < -0.4 is 10.4 Å². The van der Waals surface area contributed by atoms with Crippen LogP contribution in [0.3, 0.4) is 0 Å². The summed E-state index contributed by atoms with van der Waals surface area (Å²) in [5.41, 5.74) is 2.02. The summed E-state index contributed by atoms with van der Waals surface area (Å²) >= 11 is 9.41. The highest BCUT2D eigenvalue weighted by Gasteiger charge is 2.11. The molecular weight excluding hydrogens is 312 g/mol. The molecule has 1 aromatic carbocycles. The van der Waals surface area contributed by atoms with Gasteiger partial charge in [0.2, 0.25) is 0 Å². The Kier molecular flexibility index (Phi) is 4.41. The number of benzene rings is 1. The maximum atomic E-state index is 12.0. The number of hydrogen-bond donors (Lipinski definition) is 0. The lowest BCUT2D eigenvalue weighted by molar-refractivity contribution is 0.102. The number of fused-ring (bicyclic) bond motifs is 1. The molecule has 1 aliphatic rings. The number of allylic oxidation sites excluding steroid dienone is 2. The Morgan fingerprint density at radius 2 is 2.17 bits per heavy atom. The zero-order chi connectivity index (χ0) is 13.1. The van der Waals surface area contributed by atoms with Gasteiger partial charge in [-0.15, -0.1) is 0 Å².